The number of aryl methyl sites for hydroxylation is 1. The fraction of sp³-hybridized carbons (Fsp3) is 0.111. The van der Waals surface area contributed by atoms with Gasteiger partial charge in [0.2, 0.25) is 0 Å². The summed E-state index contributed by atoms with van der Waals surface area (Å²) in [5, 5.41) is 1.43. The number of benzene rings is 2. The third-order valence-corrected chi connectivity index (χ3v) is 4.99. The number of fused-ring (bicyclic) bond motifs is 4. The molecule has 0 fully saturated rings. The van der Waals surface area contributed by atoms with Gasteiger partial charge < -0.3 is 0 Å². The average molecular weight is 262 g/mol. The van der Waals surface area contributed by atoms with E-state index in [0.717, 1.165) is 6.42 Å². The van der Waals surface area contributed by atoms with Gasteiger partial charge in [-0.3, -0.25) is 0 Å². The van der Waals surface area contributed by atoms with E-state index in [1.54, 1.807) is 0 Å². The van der Waals surface area contributed by atoms with E-state index in [1.165, 1.54) is 37.2 Å². The van der Waals surface area contributed by atoms with E-state index in [2.05, 4.69) is 61.5 Å². The maximum Gasteiger partial charge on any atom is 0.0352 e. The van der Waals surface area contributed by atoms with E-state index in [4.69, 9.17) is 0 Å². The second-order valence-electron chi connectivity index (χ2n) is 5.15. The summed E-state index contributed by atoms with van der Waals surface area (Å²) in [6.07, 6.45) is 5.58. The molecule has 1 aliphatic rings. The SMILES string of the molecule is Cc1ccc2sc3c(c2c1)Cc1ccccc1C=C3. The minimum Gasteiger partial charge on any atom is -0.136 e. The van der Waals surface area contributed by atoms with Gasteiger partial charge >= 0.3 is 0 Å². The van der Waals surface area contributed by atoms with Crippen molar-refractivity contribution in [3.63, 3.8) is 0 Å². The van der Waals surface area contributed by atoms with Gasteiger partial charge in [-0.05, 0) is 41.1 Å². The normalized spacial score (nSPS) is 13.1. The van der Waals surface area contributed by atoms with Gasteiger partial charge in [0.05, 0.1) is 0 Å². The van der Waals surface area contributed by atoms with Crippen molar-refractivity contribution >= 4 is 33.6 Å². The Hall–Kier alpha value is -1.86. The van der Waals surface area contributed by atoms with Crippen LogP contribution in [-0.4, -0.2) is 0 Å². The molecular weight excluding hydrogens is 248 g/mol. The summed E-state index contributed by atoms with van der Waals surface area (Å²) in [5.74, 6) is 0. The van der Waals surface area contributed by atoms with Gasteiger partial charge in [0.15, 0.2) is 0 Å². The molecule has 2 aromatic carbocycles. The van der Waals surface area contributed by atoms with E-state index < -0.39 is 0 Å². The molecule has 0 unspecified atom stereocenters. The quantitative estimate of drug-likeness (QED) is 0.404. The van der Waals surface area contributed by atoms with Crippen LogP contribution in [0, 0.1) is 6.92 Å². The Morgan fingerprint density at radius 2 is 1.89 bits per heavy atom. The minimum absolute atomic E-state index is 1.04. The molecule has 0 spiro atoms. The predicted octanol–water partition coefficient (Wildman–Crippen LogP) is 5.28. The van der Waals surface area contributed by atoms with Crippen molar-refractivity contribution < 1.29 is 0 Å². The van der Waals surface area contributed by atoms with Gasteiger partial charge in [0, 0.05) is 16.0 Å². The maximum absolute atomic E-state index is 2.33. The summed E-state index contributed by atoms with van der Waals surface area (Å²) in [5.41, 5.74) is 5.62. The molecule has 0 saturated carbocycles. The Labute approximate surface area is 117 Å². The molecule has 0 atom stereocenters. The first-order chi connectivity index (χ1) is 9.31. The summed E-state index contributed by atoms with van der Waals surface area (Å²) in [6.45, 7) is 2.17. The lowest BCUT2D eigenvalue weighted by molar-refractivity contribution is 1.22. The summed E-state index contributed by atoms with van der Waals surface area (Å²) >= 11 is 1.91. The predicted molar refractivity (Wildman–Crippen MR) is 84.7 cm³/mol. The Morgan fingerprint density at radius 1 is 1.00 bits per heavy atom. The van der Waals surface area contributed by atoms with Crippen LogP contribution < -0.4 is 0 Å². The fourth-order valence-electron chi connectivity index (χ4n) is 2.81. The number of thiophene rings is 1. The first kappa shape index (κ1) is 11.0. The molecule has 4 rings (SSSR count). The summed E-state index contributed by atoms with van der Waals surface area (Å²) < 4.78 is 1.40. The lowest BCUT2D eigenvalue weighted by atomic mass is 9.99. The maximum atomic E-state index is 2.33. The Bertz CT molecular complexity index is 806. The number of hydrogen-bond donors (Lipinski definition) is 0. The van der Waals surface area contributed by atoms with Gasteiger partial charge in [-0.25, -0.2) is 0 Å². The average Bonchev–Trinajstić information content (AvgIpc) is 2.65. The molecule has 19 heavy (non-hydrogen) atoms. The molecule has 1 heterocycles. The lowest BCUT2D eigenvalue weighted by Gasteiger charge is -2.04. The molecular formula is C18H14S. The van der Waals surface area contributed by atoms with Crippen LogP contribution in [0.2, 0.25) is 0 Å². The monoisotopic (exact) mass is 262 g/mol. The first-order valence-corrected chi connectivity index (χ1v) is 7.41. The van der Waals surface area contributed by atoms with E-state index in [-0.39, 0.29) is 0 Å². The number of rotatable bonds is 0. The zero-order valence-corrected chi connectivity index (χ0v) is 11.6. The third kappa shape index (κ3) is 1.73. The second-order valence-corrected chi connectivity index (χ2v) is 6.24. The molecule has 92 valence electrons. The van der Waals surface area contributed by atoms with Crippen LogP contribution in [0.3, 0.4) is 0 Å². The van der Waals surface area contributed by atoms with Gasteiger partial charge in [-0.2, -0.15) is 0 Å². The summed E-state index contributed by atoms with van der Waals surface area (Å²) in [6, 6.07) is 15.5. The van der Waals surface area contributed by atoms with Crippen LogP contribution >= 0.6 is 11.3 Å². The molecule has 0 aliphatic heterocycles. The van der Waals surface area contributed by atoms with Crippen LogP contribution in [0.1, 0.15) is 27.1 Å². The largest absolute Gasteiger partial charge is 0.136 e. The Kier molecular flexibility index (Phi) is 2.36. The molecule has 0 amide bonds. The van der Waals surface area contributed by atoms with Crippen molar-refractivity contribution in [2.45, 2.75) is 13.3 Å². The van der Waals surface area contributed by atoms with Crippen LogP contribution in [0.25, 0.3) is 22.2 Å². The molecule has 1 aliphatic carbocycles. The molecule has 1 aromatic heterocycles. The molecule has 0 nitrogen and oxygen atoms in total. The van der Waals surface area contributed by atoms with Crippen LogP contribution in [0.4, 0.5) is 0 Å². The van der Waals surface area contributed by atoms with Crippen molar-refractivity contribution in [2.75, 3.05) is 0 Å². The van der Waals surface area contributed by atoms with E-state index >= 15 is 0 Å². The summed E-state index contributed by atoms with van der Waals surface area (Å²) in [4.78, 5) is 1.41. The standard InChI is InChI=1S/C18H14S/c1-12-6-8-17-15(10-12)16-11-14-5-3-2-4-13(14)7-9-18(16)19-17/h2-10H,11H2,1H3. The Balaban J connectivity index is 2.00. The van der Waals surface area contributed by atoms with Gasteiger partial charge in [0.25, 0.3) is 0 Å². The third-order valence-electron chi connectivity index (χ3n) is 3.81. The lowest BCUT2D eigenvalue weighted by Crippen LogP contribution is -1.90. The van der Waals surface area contributed by atoms with E-state index in [1.807, 2.05) is 11.3 Å². The fourth-order valence-corrected chi connectivity index (χ4v) is 3.92. The van der Waals surface area contributed by atoms with Gasteiger partial charge in [0.1, 0.15) is 0 Å². The summed E-state index contributed by atoms with van der Waals surface area (Å²) in [7, 11) is 0. The smallest absolute Gasteiger partial charge is 0.0352 e. The van der Waals surface area contributed by atoms with Crippen molar-refractivity contribution in [1.82, 2.24) is 0 Å². The molecule has 3 aromatic rings. The minimum atomic E-state index is 1.04. The molecule has 0 radical (unpaired) electrons. The van der Waals surface area contributed by atoms with Crippen LogP contribution in [0.15, 0.2) is 42.5 Å². The molecule has 0 saturated heterocycles. The topological polar surface area (TPSA) is 0 Å². The van der Waals surface area contributed by atoms with Crippen molar-refractivity contribution in [1.29, 1.82) is 0 Å². The highest BCUT2D eigenvalue weighted by molar-refractivity contribution is 7.20. The second kappa shape index (κ2) is 4.07. The van der Waals surface area contributed by atoms with Gasteiger partial charge in [-0.15, -0.1) is 11.3 Å². The van der Waals surface area contributed by atoms with Crippen LogP contribution in [-0.2, 0) is 6.42 Å². The van der Waals surface area contributed by atoms with Crippen molar-refractivity contribution in [2.24, 2.45) is 0 Å². The first-order valence-electron chi connectivity index (χ1n) is 6.59. The van der Waals surface area contributed by atoms with Gasteiger partial charge in [-0.1, -0.05) is 48.0 Å². The van der Waals surface area contributed by atoms with E-state index in [9.17, 15) is 0 Å². The molecule has 0 bridgehead atoms. The molecule has 1 heteroatoms. The molecule has 0 N–H and O–H groups in total. The highest BCUT2D eigenvalue weighted by Gasteiger charge is 2.14. The zero-order valence-electron chi connectivity index (χ0n) is 10.8. The van der Waals surface area contributed by atoms with Crippen molar-refractivity contribution in [3.8, 4) is 0 Å². The highest BCUT2D eigenvalue weighted by atomic mass is 32.1. The van der Waals surface area contributed by atoms with E-state index in [0.29, 0.717) is 0 Å². The highest BCUT2D eigenvalue weighted by Crippen LogP contribution is 2.37. The Morgan fingerprint density at radius 3 is 2.84 bits per heavy atom. The van der Waals surface area contributed by atoms with Crippen LogP contribution in [0.5, 0.6) is 0 Å². The van der Waals surface area contributed by atoms with Crippen molar-refractivity contribution in [3.05, 3.63) is 69.6 Å². The number of hydrogen-bond acceptors (Lipinski definition) is 1. The zero-order chi connectivity index (χ0) is 12.8.